The zero-order valence-electron chi connectivity index (χ0n) is 11.4. The van der Waals surface area contributed by atoms with Gasteiger partial charge in [0.15, 0.2) is 0 Å². The van der Waals surface area contributed by atoms with Gasteiger partial charge in [0.05, 0.1) is 0 Å². The van der Waals surface area contributed by atoms with Crippen molar-refractivity contribution in [1.29, 1.82) is 0 Å². The molecular formula is C13H12BrN4O3S-. The maximum atomic E-state index is 12.0. The molecule has 0 radical (unpaired) electrons. The fraction of sp³-hybridized carbons (Fsp3) is 0.231. The molecule has 0 aliphatic carbocycles. The van der Waals surface area contributed by atoms with Crippen molar-refractivity contribution < 1.29 is 9.90 Å². The molecule has 7 nitrogen and oxygen atoms in total. The third-order valence-electron chi connectivity index (χ3n) is 2.78. The topological polar surface area (TPSA) is 114 Å². The summed E-state index contributed by atoms with van der Waals surface area (Å²) < 4.78 is 1.87. The van der Waals surface area contributed by atoms with Crippen molar-refractivity contribution >= 4 is 33.7 Å². The second-order valence-corrected chi connectivity index (χ2v) is 6.25. The Morgan fingerprint density at radius 1 is 1.32 bits per heavy atom. The minimum Gasteiger partial charge on any atom is -0.550 e. The number of carboxylic acid groups (broad SMARTS) is 1. The standard InChI is InChI=1S/C13H13BrN4O3S/c14-9-3-1-8(2-4-9)7-22-13-17-16-10(5-6-11(19)20)12(21)18(13)15/h1-4H,5-7,15H2,(H,19,20)/p-1. The molecule has 0 amide bonds. The number of thioether (sulfide) groups is 1. The highest BCUT2D eigenvalue weighted by molar-refractivity contribution is 9.10. The molecule has 1 aromatic heterocycles. The molecule has 0 saturated heterocycles. The smallest absolute Gasteiger partial charge is 0.294 e. The SMILES string of the molecule is Nn1c(SCc2ccc(Br)cc2)nnc(CCC(=O)[O-])c1=O. The molecule has 0 saturated carbocycles. The van der Waals surface area contributed by atoms with Crippen molar-refractivity contribution in [2.75, 3.05) is 5.84 Å². The van der Waals surface area contributed by atoms with Crippen molar-refractivity contribution in [3.63, 3.8) is 0 Å². The average Bonchev–Trinajstić information content (AvgIpc) is 2.49. The second kappa shape index (κ2) is 7.41. The zero-order valence-corrected chi connectivity index (χ0v) is 13.8. The Kier molecular flexibility index (Phi) is 5.56. The van der Waals surface area contributed by atoms with Crippen molar-refractivity contribution in [2.45, 2.75) is 23.8 Å². The van der Waals surface area contributed by atoms with E-state index in [1.807, 2.05) is 24.3 Å². The Morgan fingerprint density at radius 2 is 2.00 bits per heavy atom. The molecule has 2 N–H and O–H groups in total. The summed E-state index contributed by atoms with van der Waals surface area (Å²) in [7, 11) is 0. The number of benzene rings is 1. The van der Waals surface area contributed by atoms with Crippen LogP contribution in [0.25, 0.3) is 0 Å². The van der Waals surface area contributed by atoms with Crippen LogP contribution in [-0.2, 0) is 17.0 Å². The first-order valence-electron chi connectivity index (χ1n) is 6.28. The lowest BCUT2D eigenvalue weighted by atomic mass is 10.2. The van der Waals surface area contributed by atoms with Crippen LogP contribution >= 0.6 is 27.7 Å². The number of carbonyl (C=O) groups is 1. The normalized spacial score (nSPS) is 10.6. The molecule has 2 aromatic rings. The van der Waals surface area contributed by atoms with Crippen LogP contribution < -0.4 is 16.5 Å². The predicted molar refractivity (Wildman–Crippen MR) is 83.5 cm³/mol. The summed E-state index contributed by atoms with van der Waals surface area (Å²) in [4.78, 5) is 22.4. The van der Waals surface area contributed by atoms with Crippen molar-refractivity contribution in [3.05, 3.63) is 50.3 Å². The van der Waals surface area contributed by atoms with Crippen LogP contribution in [0.1, 0.15) is 17.7 Å². The van der Waals surface area contributed by atoms with Crippen LogP contribution in [0.5, 0.6) is 0 Å². The summed E-state index contributed by atoms with van der Waals surface area (Å²) >= 11 is 4.63. The molecular weight excluding hydrogens is 372 g/mol. The monoisotopic (exact) mass is 383 g/mol. The molecule has 22 heavy (non-hydrogen) atoms. The summed E-state index contributed by atoms with van der Waals surface area (Å²) in [6.45, 7) is 0. The van der Waals surface area contributed by atoms with Crippen LogP contribution in [0.15, 0.2) is 38.7 Å². The Labute approximate surface area is 138 Å². The highest BCUT2D eigenvalue weighted by atomic mass is 79.9. The maximum absolute atomic E-state index is 12.0. The first-order chi connectivity index (χ1) is 10.5. The van der Waals surface area contributed by atoms with E-state index in [0.29, 0.717) is 5.75 Å². The van der Waals surface area contributed by atoms with E-state index in [4.69, 9.17) is 5.84 Å². The van der Waals surface area contributed by atoms with Gasteiger partial charge in [-0.15, -0.1) is 10.2 Å². The lowest BCUT2D eigenvalue weighted by Crippen LogP contribution is -2.34. The van der Waals surface area contributed by atoms with Crippen LogP contribution in [-0.4, -0.2) is 20.8 Å². The molecule has 0 fully saturated rings. The highest BCUT2D eigenvalue weighted by Crippen LogP contribution is 2.20. The average molecular weight is 384 g/mol. The molecule has 1 heterocycles. The fourth-order valence-corrected chi connectivity index (χ4v) is 2.70. The molecule has 116 valence electrons. The molecule has 2 rings (SSSR count). The lowest BCUT2D eigenvalue weighted by Gasteiger charge is -2.08. The first-order valence-corrected chi connectivity index (χ1v) is 8.06. The Hall–Kier alpha value is -1.87. The number of nitrogens with two attached hydrogens (primary N) is 1. The summed E-state index contributed by atoms with van der Waals surface area (Å²) in [5.41, 5.74) is 0.512. The molecule has 0 spiro atoms. The number of carboxylic acids is 1. The van der Waals surface area contributed by atoms with Gasteiger partial charge in [-0.25, -0.2) is 0 Å². The third kappa shape index (κ3) is 4.31. The molecule has 0 bridgehead atoms. The first kappa shape index (κ1) is 16.5. The second-order valence-electron chi connectivity index (χ2n) is 4.39. The maximum Gasteiger partial charge on any atom is 0.294 e. The van der Waals surface area contributed by atoms with Gasteiger partial charge in [0.25, 0.3) is 5.56 Å². The van der Waals surface area contributed by atoms with E-state index in [1.54, 1.807) is 0 Å². The largest absolute Gasteiger partial charge is 0.550 e. The molecule has 0 aliphatic heterocycles. The number of nitrogen functional groups attached to an aromatic ring is 1. The van der Waals surface area contributed by atoms with Gasteiger partial charge >= 0.3 is 0 Å². The van der Waals surface area contributed by atoms with Crippen molar-refractivity contribution in [3.8, 4) is 0 Å². The summed E-state index contributed by atoms with van der Waals surface area (Å²) in [5.74, 6) is 5.02. The molecule has 0 atom stereocenters. The van der Waals surface area contributed by atoms with Gasteiger partial charge in [-0.1, -0.05) is 39.8 Å². The van der Waals surface area contributed by atoms with E-state index >= 15 is 0 Å². The molecule has 0 unspecified atom stereocenters. The summed E-state index contributed by atoms with van der Waals surface area (Å²) in [6.07, 6.45) is -0.349. The number of carbonyl (C=O) groups excluding carboxylic acids is 1. The number of hydrogen-bond donors (Lipinski definition) is 1. The number of hydrogen-bond acceptors (Lipinski definition) is 7. The van der Waals surface area contributed by atoms with Gasteiger partial charge in [0, 0.05) is 22.6 Å². The van der Waals surface area contributed by atoms with E-state index in [9.17, 15) is 14.7 Å². The van der Waals surface area contributed by atoms with Crippen LogP contribution in [0, 0.1) is 0 Å². The van der Waals surface area contributed by atoms with Crippen molar-refractivity contribution in [1.82, 2.24) is 14.9 Å². The third-order valence-corrected chi connectivity index (χ3v) is 4.32. The lowest BCUT2D eigenvalue weighted by molar-refractivity contribution is -0.305. The number of aliphatic carboxylic acids is 1. The number of rotatable bonds is 6. The summed E-state index contributed by atoms with van der Waals surface area (Å²) in [5, 5.41) is 18.3. The molecule has 0 aliphatic rings. The number of aryl methyl sites for hydroxylation is 1. The van der Waals surface area contributed by atoms with Crippen LogP contribution in [0.2, 0.25) is 0 Å². The van der Waals surface area contributed by atoms with E-state index in [-0.39, 0.29) is 23.7 Å². The van der Waals surface area contributed by atoms with Gasteiger partial charge in [-0.3, -0.25) is 4.79 Å². The van der Waals surface area contributed by atoms with Crippen molar-refractivity contribution in [2.24, 2.45) is 0 Å². The molecule has 9 heteroatoms. The number of halogens is 1. The predicted octanol–water partition coefficient (Wildman–Crippen LogP) is 0.0894. The number of aromatic nitrogens is 3. The molecule has 1 aromatic carbocycles. The fourth-order valence-electron chi connectivity index (χ4n) is 1.62. The van der Waals surface area contributed by atoms with Crippen LogP contribution in [0.4, 0.5) is 0 Å². The van der Waals surface area contributed by atoms with Gasteiger partial charge in [-0.2, -0.15) is 4.68 Å². The Balaban J connectivity index is 2.08. The van der Waals surface area contributed by atoms with Gasteiger partial charge in [-0.05, 0) is 24.1 Å². The highest BCUT2D eigenvalue weighted by Gasteiger charge is 2.10. The van der Waals surface area contributed by atoms with E-state index in [1.165, 1.54) is 11.8 Å². The summed E-state index contributed by atoms with van der Waals surface area (Å²) in [6, 6.07) is 7.72. The van der Waals surface area contributed by atoms with Gasteiger partial charge in [0.1, 0.15) is 5.69 Å². The van der Waals surface area contributed by atoms with Gasteiger partial charge < -0.3 is 15.7 Å². The van der Waals surface area contributed by atoms with E-state index < -0.39 is 11.5 Å². The van der Waals surface area contributed by atoms with E-state index in [0.717, 1.165) is 14.7 Å². The number of nitrogens with zero attached hydrogens (tertiary/aromatic N) is 3. The zero-order chi connectivity index (χ0) is 16.1. The van der Waals surface area contributed by atoms with Crippen LogP contribution in [0.3, 0.4) is 0 Å². The quantitative estimate of drug-likeness (QED) is 0.555. The van der Waals surface area contributed by atoms with Gasteiger partial charge in [0.2, 0.25) is 5.16 Å². The minimum absolute atomic E-state index is 0.0136. The minimum atomic E-state index is -1.25. The Bertz CT molecular complexity index is 733. The Morgan fingerprint density at radius 3 is 2.64 bits per heavy atom. The van der Waals surface area contributed by atoms with E-state index in [2.05, 4.69) is 26.1 Å².